The first-order chi connectivity index (χ1) is 8.69. The minimum atomic E-state index is -0.492. The predicted octanol–water partition coefficient (Wildman–Crippen LogP) is 4.03. The van der Waals surface area contributed by atoms with Crippen LogP contribution in [0.15, 0.2) is 18.2 Å². The number of hydrogen-bond acceptors (Lipinski definition) is 3. The van der Waals surface area contributed by atoms with Gasteiger partial charge in [0.2, 0.25) is 0 Å². The number of carbonyl (C=O) groups is 1. The highest BCUT2D eigenvalue weighted by molar-refractivity contribution is 6.67. The molecular weight excluding hydrogens is 252 g/mol. The van der Waals surface area contributed by atoms with Gasteiger partial charge in [0.05, 0.1) is 13.7 Å². The molecule has 0 aliphatic heterocycles. The molecule has 1 aromatic rings. The zero-order chi connectivity index (χ0) is 13.4. The van der Waals surface area contributed by atoms with Gasteiger partial charge in [-0.2, -0.15) is 0 Å². The minimum absolute atomic E-state index is 0.418. The molecule has 0 fully saturated rings. The number of rotatable bonds is 8. The van der Waals surface area contributed by atoms with Crippen molar-refractivity contribution in [2.45, 2.75) is 32.6 Å². The Morgan fingerprint density at radius 2 is 2.00 bits per heavy atom. The van der Waals surface area contributed by atoms with Crippen LogP contribution in [-0.4, -0.2) is 19.0 Å². The Morgan fingerprint density at radius 3 is 2.61 bits per heavy atom. The lowest BCUT2D eigenvalue weighted by Gasteiger charge is -2.11. The van der Waals surface area contributed by atoms with Crippen LogP contribution in [-0.2, 0) is 0 Å². The topological polar surface area (TPSA) is 35.5 Å². The number of benzene rings is 1. The molecule has 0 bridgehead atoms. The minimum Gasteiger partial charge on any atom is -0.493 e. The van der Waals surface area contributed by atoms with Gasteiger partial charge in [0.15, 0.2) is 11.5 Å². The molecule has 100 valence electrons. The summed E-state index contributed by atoms with van der Waals surface area (Å²) in [4.78, 5) is 11.1. The fourth-order valence-corrected chi connectivity index (χ4v) is 1.74. The van der Waals surface area contributed by atoms with Gasteiger partial charge in [0, 0.05) is 5.56 Å². The predicted molar refractivity (Wildman–Crippen MR) is 72.8 cm³/mol. The van der Waals surface area contributed by atoms with Crippen LogP contribution < -0.4 is 9.47 Å². The summed E-state index contributed by atoms with van der Waals surface area (Å²) < 4.78 is 10.8. The normalized spacial score (nSPS) is 10.2. The third-order valence-corrected chi connectivity index (χ3v) is 2.86. The molecule has 0 aliphatic carbocycles. The molecule has 0 saturated heterocycles. The monoisotopic (exact) mass is 270 g/mol. The van der Waals surface area contributed by atoms with Crippen molar-refractivity contribution in [3.63, 3.8) is 0 Å². The van der Waals surface area contributed by atoms with Crippen LogP contribution in [0.3, 0.4) is 0 Å². The molecule has 0 aliphatic rings. The van der Waals surface area contributed by atoms with Gasteiger partial charge in [0.1, 0.15) is 0 Å². The van der Waals surface area contributed by atoms with Crippen LogP contribution in [0.1, 0.15) is 43.0 Å². The molecule has 0 atom stereocenters. The molecule has 0 heterocycles. The van der Waals surface area contributed by atoms with Crippen LogP contribution in [0.5, 0.6) is 11.5 Å². The molecule has 1 rings (SSSR count). The van der Waals surface area contributed by atoms with Gasteiger partial charge in [-0.15, -0.1) is 0 Å². The molecule has 0 unspecified atom stereocenters. The van der Waals surface area contributed by atoms with E-state index in [0.29, 0.717) is 23.7 Å². The molecule has 0 N–H and O–H groups in total. The Labute approximate surface area is 113 Å². The summed E-state index contributed by atoms with van der Waals surface area (Å²) in [6.45, 7) is 2.79. The van der Waals surface area contributed by atoms with E-state index in [9.17, 15) is 4.79 Å². The lowest BCUT2D eigenvalue weighted by atomic mass is 10.2. The van der Waals surface area contributed by atoms with Crippen molar-refractivity contribution in [1.29, 1.82) is 0 Å². The third-order valence-electron chi connectivity index (χ3n) is 2.65. The Morgan fingerprint density at radius 1 is 1.22 bits per heavy atom. The molecule has 18 heavy (non-hydrogen) atoms. The first kappa shape index (κ1) is 14.8. The summed E-state index contributed by atoms with van der Waals surface area (Å²) in [5.41, 5.74) is 0.418. The van der Waals surface area contributed by atoms with Gasteiger partial charge in [-0.3, -0.25) is 4.79 Å². The standard InChI is InChI=1S/C14H19ClO3/c1-3-4-5-6-9-18-13-10-11(14(15)16)7-8-12(13)17-2/h7-8,10H,3-6,9H2,1-2H3. The highest BCUT2D eigenvalue weighted by atomic mass is 35.5. The van der Waals surface area contributed by atoms with Gasteiger partial charge in [0.25, 0.3) is 5.24 Å². The second-order valence-electron chi connectivity index (χ2n) is 4.05. The fourth-order valence-electron chi connectivity index (χ4n) is 1.62. The molecule has 0 spiro atoms. The van der Waals surface area contributed by atoms with E-state index < -0.39 is 5.24 Å². The average Bonchev–Trinajstić information content (AvgIpc) is 2.38. The highest BCUT2D eigenvalue weighted by Crippen LogP contribution is 2.28. The second-order valence-corrected chi connectivity index (χ2v) is 4.39. The summed E-state index contributed by atoms with van der Waals surface area (Å²) in [5, 5.41) is -0.492. The van der Waals surface area contributed by atoms with E-state index in [1.54, 1.807) is 25.3 Å². The third kappa shape index (κ3) is 4.57. The number of hydrogen-bond donors (Lipinski definition) is 0. The lowest BCUT2D eigenvalue weighted by molar-refractivity contribution is 0.108. The van der Waals surface area contributed by atoms with Crippen molar-refractivity contribution in [3.8, 4) is 11.5 Å². The average molecular weight is 271 g/mol. The zero-order valence-corrected chi connectivity index (χ0v) is 11.6. The number of methoxy groups -OCH3 is 1. The highest BCUT2D eigenvalue weighted by Gasteiger charge is 2.09. The van der Waals surface area contributed by atoms with E-state index in [-0.39, 0.29) is 0 Å². The molecule has 0 aromatic heterocycles. The van der Waals surface area contributed by atoms with E-state index in [4.69, 9.17) is 21.1 Å². The van der Waals surface area contributed by atoms with Gasteiger partial charge in [-0.1, -0.05) is 26.2 Å². The van der Waals surface area contributed by atoms with Crippen molar-refractivity contribution in [2.75, 3.05) is 13.7 Å². The largest absolute Gasteiger partial charge is 0.493 e. The maximum Gasteiger partial charge on any atom is 0.252 e. The maximum absolute atomic E-state index is 11.1. The summed E-state index contributed by atoms with van der Waals surface area (Å²) in [7, 11) is 1.57. The first-order valence-electron chi connectivity index (χ1n) is 6.19. The Bertz CT molecular complexity index is 391. The molecule has 1 aromatic carbocycles. The van der Waals surface area contributed by atoms with E-state index in [1.807, 2.05) is 0 Å². The van der Waals surface area contributed by atoms with Crippen LogP contribution in [0.2, 0.25) is 0 Å². The van der Waals surface area contributed by atoms with Crippen molar-refractivity contribution in [3.05, 3.63) is 23.8 Å². The second kappa shape index (κ2) is 7.98. The number of ether oxygens (including phenoxy) is 2. The molecule has 0 amide bonds. The fraction of sp³-hybridized carbons (Fsp3) is 0.500. The maximum atomic E-state index is 11.1. The van der Waals surface area contributed by atoms with Crippen LogP contribution in [0.4, 0.5) is 0 Å². The van der Waals surface area contributed by atoms with Crippen molar-refractivity contribution in [2.24, 2.45) is 0 Å². The lowest BCUT2D eigenvalue weighted by Crippen LogP contribution is -2.01. The van der Waals surface area contributed by atoms with Gasteiger partial charge < -0.3 is 9.47 Å². The number of unbranched alkanes of at least 4 members (excludes halogenated alkanes) is 3. The van der Waals surface area contributed by atoms with E-state index in [2.05, 4.69) is 6.92 Å². The van der Waals surface area contributed by atoms with Crippen molar-refractivity contribution < 1.29 is 14.3 Å². The number of halogens is 1. The van der Waals surface area contributed by atoms with Gasteiger partial charge in [-0.05, 0) is 36.2 Å². The molecule has 4 heteroatoms. The van der Waals surface area contributed by atoms with Crippen LogP contribution in [0.25, 0.3) is 0 Å². The summed E-state index contributed by atoms with van der Waals surface area (Å²) in [5.74, 6) is 1.19. The summed E-state index contributed by atoms with van der Waals surface area (Å²) in [6.07, 6.45) is 4.54. The summed E-state index contributed by atoms with van der Waals surface area (Å²) >= 11 is 5.44. The quantitative estimate of drug-likeness (QED) is 0.528. The van der Waals surface area contributed by atoms with E-state index in [1.165, 1.54) is 12.8 Å². The van der Waals surface area contributed by atoms with E-state index in [0.717, 1.165) is 12.8 Å². The van der Waals surface area contributed by atoms with Crippen LogP contribution >= 0.6 is 11.6 Å². The van der Waals surface area contributed by atoms with Crippen molar-refractivity contribution in [1.82, 2.24) is 0 Å². The van der Waals surface area contributed by atoms with Gasteiger partial charge >= 0.3 is 0 Å². The molecule has 0 radical (unpaired) electrons. The number of carbonyl (C=O) groups excluding carboxylic acids is 1. The SMILES string of the molecule is CCCCCCOc1cc(C(=O)Cl)ccc1OC. The Hall–Kier alpha value is -1.22. The van der Waals surface area contributed by atoms with Crippen LogP contribution in [0, 0.1) is 0 Å². The zero-order valence-electron chi connectivity index (χ0n) is 10.9. The molecule has 0 saturated carbocycles. The molecule has 3 nitrogen and oxygen atoms in total. The smallest absolute Gasteiger partial charge is 0.252 e. The van der Waals surface area contributed by atoms with Gasteiger partial charge in [-0.25, -0.2) is 0 Å². The molecular formula is C14H19ClO3. The summed E-state index contributed by atoms with van der Waals surface area (Å²) in [6, 6.07) is 4.93. The Balaban J connectivity index is 2.61. The first-order valence-corrected chi connectivity index (χ1v) is 6.57. The van der Waals surface area contributed by atoms with E-state index >= 15 is 0 Å². The van der Waals surface area contributed by atoms with Crippen molar-refractivity contribution >= 4 is 16.8 Å². The Kier molecular flexibility index (Phi) is 6.58.